The molecule has 0 radical (unpaired) electrons. The molecule has 0 saturated carbocycles. The maximum atomic E-state index is 4.24. The highest BCUT2D eigenvalue weighted by molar-refractivity contribution is 7.99. The van der Waals surface area contributed by atoms with E-state index in [1.54, 1.807) is 0 Å². The van der Waals surface area contributed by atoms with E-state index in [1.807, 2.05) is 0 Å². The zero-order valence-corrected chi connectivity index (χ0v) is 11.0. The highest BCUT2D eigenvalue weighted by Gasteiger charge is 2.00. The zero-order chi connectivity index (χ0) is 10.1. The fourth-order valence-corrected chi connectivity index (χ4v) is 2.92. The van der Waals surface area contributed by atoms with Crippen LogP contribution in [0.2, 0.25) is 0 Å². The van der Waals surface area contributed by atoms with Crippen LogP contribution < -0.4 is 0 Å². The molecule has 1 atom stereocenters. The van der Waals surface area contributed by atoms with Crippen LogP contribution in [0.4, 0.5) is 0 Å². The third-order valence-electron chi connectivity index (χ3n) is 2.22. The molecule has 0 aromatic carbocycles. The van der Waals surface area contributed by atoms with E-state index in [4.69, 9.17) is 0 Å². The minimum absolute atomic E-state index is 0.863. The number of hydrogen-bond acceptors (Lipinski definition) is 2. The fraction of sp³-hybridized carbons (Fsp3) is 1.00. The van der Waals surface area contributed by atoms with Gasteiger partial charge in [0.05, 0.1) is 0 Å². The second kappa shape index (κ2) is 9.26. The second-order valence-electron chi connectivity index (χ2n) is 4.20. The Hall–Kier alpha value is 0.700. The predicted octanol–water partition coefficient (Wildman–Crippen LogP) is 4.11. The molecule has 0 rings (SSSR count). The van der Waals surface area contributed by atoms with Crippen LogP contribution in [0.3, 0.4) is 0 Å². The first-order chi connectivity index (χ1) is 6.16. The molecular formula is C11H24S2. The van der Waals surface area contributed by atoms with Gasteiger partial charge in [-0.05, 0) is 48.4 Å². The number of thiol groups is 1. The van der Waals surface area contributed by atoms with E-state index in [9.17, 15) is 0 Å². The van der Waals surface area contributed by atoms with Crippen LogP contribution in [-0.2, 0) is 0 Å². The molecule has 0 N–H and O–H groups in total. The Morgan fingerprint density at radius 1 is 1.00 bits per heavy atom. The van der Waals surface area contributed by atoms with Crippen LogP contribution in [0.1, 0.15) is 40.0 Å². The summed E-state index contributed by atoms with van der Waals surface area (Å²) in [7, 11) is 0. The molecule has 0 fully saturated rings. The summed E-state index contributed by atoms with van der Waals surface area (Å²) in [5.74, 6) is 5.44. The summed E-state index contributed by atoms with van der Waals surface area (Å²) in [6, 6.07) is 0. The van der Waals surface area contributed by atoms with Crippen molar-refractivity contribution in [2.45, 2.75) is 40.0 Å². The van der Waals surface area contributed by atoms with Gasteiger partial charge in [-0.2, -0.15) is 24.4 Å². The Morgan fingerprint density at radius 3 is 2.15 bits per heavy atom. The van der Waals surface area contributed by atoms with Crippen LogP contribution in [0.5, 0.6) is 0 Å². The van der Waals surface area contributed by atoms with Gasteiger partial charge in [-0.15, -0.1) is 0 Å². The van der Waals surface area contributed by atoms with Crippen molar-refractivity contribution < 1.29 is 0 Å². The molecule has 0 heterocycles. The molecule has 0 spiro atoms. The van der Waals surface area contributed by atoms with Gasteiger partial charge in [-0.25, -0.2) is 0 Å². The molecule has 0 amide bonds. The quantitative estimate of drug-likeness (QED) is 0.474. The lowest BCUT2D eigenvalue weighted by atomic mass is 10.1. The Morgan fingerprint density at radius 2 is 1.62 bits per heavy atom. The summed E-state index contributed by atoms with van der Waals surface area (Å²) in [5, 5.41) is 0. The molecule has 1 unspecified atom stereocenters. The molecule has 2 heteroatoms. The summed E-state index contributed by atoms with van der Waals surface area (Å²) in [4.78, 5) is 0. The van der Waals surface area contributed by atoms with Gasteiger partial charge in [-0.1, -0.05) is 20.8 Å². The number of hydrogen-bond donors (Lipinski definition) is 1. The Bertz CT molecular complexity index is 102. The van der Waals surface area contributed by atoms with E-state index >= 15 is 0 Å². The highest BCUT2D eigenvalue weighted by Crippen LogP contribution is 2.15. The van der Waals surface area contributed by atoms with Crippen molar-refractivity contribution in [1.29, 1.82) is 0 Å². The lowest BCUT2D eigenvalue weighted by Gasteiger charge is -2.09. The molecule has 13 heavy (non-hydrogen) atoms. The van der Waals surface area contributed by atoms with Crippen LogP contribution in [0.25, 0.3) is 0 Å². The van der Waals surface area contributed by atoms with Crippen molar-refractivity contribution in [2.75, 3.05) is 17.3 Å². The van der Waals surface area contributed by atoms with Gasteiger partial charge < -0.3 is 0 Å². The predicted molar refractivity (Wildman–Crippen MR) is 69.0 cm³/mol. The van der Waals surface area contributed by atoms with E-state index in [2.05, 4.69) is 45.2 Å². The zero-order valence-electron chi connectivity index (χ0n) is 9.25. The van der Waals surface area contributed by atoms with Crippen molar-refractivity contribution in [3.05, 3.63) is 0 Å². The summed E-state index contributed by atoms with van der Waals surface area (Å²) < 4.78 is 0. The minimum atomic E-state index is 0.863. The normalized spacial score (nSPS) is 13.6. The van der Waals surface area contributed by atoms with Crippen molar-refractivity contribution in [3.8, 4) is 0 Å². The monoisotopic (exact) mass is 220 g/mol. The fourth-order valence-electron chi connectivity index (χ4n) is 1.07. The molecule has 0 saturated heterocycles. The molecule has 80 valence electrons. The Balaban J connectivity index is 3.06. The molecule has 0 aliphatic carbocycles. The second-order valence-corrected chi connectivity index (χ2v) is 5.87. The van der Waals surface area contributed by atoms with E-state index < -0.39 is 0 Å². The first kappa shape index (κ1) is 13.7. The van der Waals surface area contributed by atoms with Crippen molar-refractivity contribution in [3.63, 3.8) is 0 Å². The molecule has 0 aliphatic heterocycles. The number of thioether (sulfide) groups is 1. The summed E-state index contributed by atoms with van der Waals surface area (Å²) in [5.41, 5.74) is 0. The first-order valence-corrected chi connectivity index (χ1v) is 7.14. The molecule has 0 aromatic heterocycles. The lowest BCUT2D eigenvalue weighted by Crippen LogP contribution is -1.98. The first-order valence-electron chi connectivity index (χ1n) is 5.35. The third kappa shape index (κ3) is 10.6. The van der Waals surface area contributed by atoms with E-state index in [0.29, 0.717) is 0 Å². The van der Waals surface area contributed by atoms with Gasteiger partial charge in [0, 0.05) is 0 Å². The standard InChI is InChI=1S/C11H24S2/c1-10(2)5-8-13-9-6-11(3)4-7-12/h10-12H,4-9H2,1-3H3. The molecule has 0 bridgehead atoms. The molecule has 0 nitrogen and oxygen atoms in total. The molecular weight excluding hydrogens is 196 g/mol. The van der Waals surface area contributed by atoms with Crippen LogP contribution in [0, 0.1) is 11.8 Å². The summed E-state index contributed by atoms with van der Waals surface area (Å²) in [6.45, 7) is 6.92. The van der Waals surface area contributed by atoms with Gasteiger partial charge in [0.25, 0.3) is 0 Å². The topological polar surface area (TPSA) is 0 Å². The van der Waals surface area contributed by atoms with Gasteiger partial charge in [0.15, 0.2) is 0 Å². The summed E-state index contributed by atoms with van der Waals surface area (Å²) >= 11 is 6.35. The largest absolute Gasteiger partial charge is 0.179 e. The van der Waals surface area contributed by atoms with Crippen LogP contribution >= 0.6 is 24.4 Å². The number of rotatable bonds is 8. The molecule has 0 aliphatic rings. The molecule has 0 aromatic rings. The third-order valence-corrected chi connectivity index (χ3v) is 3.52. The lowest BCUT2D eigenvalue weighted by molar-refractivity contribution is 0.553. The van der Waals surface area contributed by atoms with Gasteiger partial charge >= 0.3 is 0 Å². The van der Waals surface area contributed by atoms with Crippen LogP contribution in [-0.4, -0.2) is 17.3 Å². The maximum Gasteiger partial charge on any atom is -0.00650 e. The smallest absolute Gasteiger partial charge is 0.00650 e. The van der Waals surface area contributed by atoms with E-state index in [0.717, 1.165) is 17.6 Å². The average Bonchev–Trinajstić information content (AvgIpc) is 2.03. The Kier molecular flexibility index (Phi) is 9.76. The minimum Gasteiger partial charge on any atom is -0.179 e. The van der Waals surface area contributed by atoms with Gasteiger partial charge in [0.1, 0.15) is 0 Å². The average molecular weight is 220 g/mol. The Labute approximate surface area is 93.7 Å². The van der Waals surface area contributed by atoms with Crippen molar-refractivity contribution in [1.82, 2.24) is 0 Å². The van der Waals surface area contributed by atoms with Gasteiger partial charge in [0.2, 0.25) is 0 Å². The van der Waals surface area contributed by atoms with Gasteiger partial charge in [-0.3, -0.25) is 0 Å². The summed E-state index contributed by atoms with van der Waals surface area (Å²) in [6.07, 6.45) is 4.00. The van der Waals surface area contributed by atoms with Crippen molar-refractivity contribution in [2.24, 2.45) is 11.8 Å². The van der Waals surface area contributed by atoms with Crippen LogP contribution in [0.15, 0.2) is 0 Å². The highest BCUT2D eigenvalue weighted by atomic mass is 32.2. The SMILES string of the molecule is CC(C)CCSCCC(C)CCS. The van der Waals surface area contributed by atoms with E-state index in [-0.39, 0.29) is 0 Å². The van der Waals surface area contributed by atoms with E-state index in [1.165, 1.54) is 30.8 Å². The maximum absolute atomic E-state index is 4.24. The van der Waals surface area contributed by atoms with Crippen molar-refractivity contribution >= 4 is 24.4 Å².